The molecular formula is C16H20N6O2. The Morgan fingerprint density at radius 2 is 2.12 bits per heavy atom. The fourth-order valence-electron chi connectivity index (χ4n) is 3.08. The zero-order valence-corrected chi connectivity index (χ0v) is 13.6. The fraction of sp³-hybridized carbons (Fsp3) is 0.375. The molecule has 2 aromatic heterocycles. The number of hydrogen-bond donors (Lipinski definition) is 2. The highest BCUT2D eigenvalue weighted by molar-refractivity contribution is 5.94. The van der Waals surface area contributed by atoms with Gasteiger partial charge in [-0.05, 0) is 18.6 Å². The van der Waals surface area contributed by atoms with Crippen molar-refractivity contribution in [3.63, 3.8) is 0 Å². The van der Waals surface area contributed by atoms with Gasteiger partial charge in [-0.15, -0.1) is 0 Å². The molecule has 3 rings (SSSR count). The van der Waals surface area contributed by atoms with Crippen LogP contribution in [0, 0.1) is 5.92 Å². The predicted octanol–water partition coefficient (Wildman–Crippen LogP) is 0.945. The minimum absolute atomic E-state index is 0.0297. The van der Waals surface area contributed by atoms with E-state index >= 15 is 0 Å². The van der Waals surface area contributed by atoms with Crippen molar-refractivity contribution in [1.29, 1.82) is 0 Å². The van der Waals surface area contributed by atoms with Gasteiger partial charge in [0.1, 0.15) is 5.82 Å². The summed E-state index contributed by atoms with van der Waals surface area (Å²) >= 11 is 0. The number of aryl methyl sites for hydroxylation is 1. The molecule has 0 aliphatic carbocycles. The van der Waals surface area contributed by atoms with E-state index in [0.717, 1.165) is 5.56 Å². The molecule has 2 amide bonds. The van der Waals surface area contributed by atoms with Gasteiger partial charge in [-0.1, -0.05) is 0 Å². The lowest BCUT2D eigenvalue weighted by Crippen LogP contribution is -2.44. The molecule has 126 valence electrons. The summed E-state index contributed by atoms with van der Waals surface area (Å²) in [6.45, 7) is 0. The van der Waals surface area contributed by atoms with Crippen molar-refractivity contribution in [3.8, 4) is 0 Å². The van der Waals surface area contributed by atoms with E-state index in [1.807, 2.05) is 13.2 Å². The number of carbonyl (C=O) groups is 2. The molecule has 0 spiro atoms. The first-order valence-corrected chi connectivity index (χ1v) is 7.72. The van der Waals surface area contributed by atoms with Crippen LogP contribution in [0.15, 0.2) is 30.7 Å². The van der Waals surface area contributed by atoms with Crippen LogP contribution in [0.3, 0.4) is 0 Å². The van der Waals surface area contributed by atoms with E-state index in [9.17, 15) is 9.59 Å². The first-order chi connectivity index (χ1) is 11.5. The number of amides is 2. The molecule has 8 heteroatoms. The summed E-state index contributed by atoms with van der Waals surface area (Å²) in [6, 6.07) is 3.00. The van der Waals surface area contributed by atoms with Gasteiger partial charge in [-0.3, -0.25) is 14.3 Å². The van der Waals surface area contributed by atoms with Crippen molar-refractivity contribution in [2.45, 2.75) is 18.9 Å². The van der Waals surface area contributed by atoms with Crippen LogP contribution in [0.2, 0.25) is 0 Å². The summed E-state index contributed by atoms with van der Waals surface area (Å²) < 4.78 is 1.67. The maximum atomic E-state index is 12.8. The zero-order valence-electron chi connectivity index (χ0n) is 13.6. The first kappa shape index (κ1) is 16.0. The Bertz CT molecular complexity index is 754. The molecule has 8 nitrogen and oxygen atoms in total. The van der Waals surface area contributed by atoms with E-state index in [1.165, 1.54) is 6.20 Å². The van der Waals surface area contributed by atoms with Crippen LogP contribution in [0.4, 0.5) is 11.5 Å². The van der Waals surface area contributed by atoms with Gasteiger partial charge in [0.05, 0.1) is 30.0 Å². The van der Waals surface area contributed by atoms with Crippen LogP contribution in [0.1, 0.15) is 24.4 Å². The third-order valence-corrected chi connectivity index (χ3v) is 4.32. The second-order valence-corrected chi connectivity index (χ2v) is 6.00. The van der Waals surface area contributed by atoms with Crippen LogP contribution < -0.4 is 11.1 Å². The lowest BCUT2D eigenvalue weighted by atomic mass is 9.85. The van der Waals surface area contributed by atoms with Gasteiger partial charge in [0, 0.05) is 32.3 Å². The second-order valence-electron chi connectivity index (χ2n) is 6.00. The maximum Gasteiger partial charge on any atom is 0.229 e. The Balaban J connectivity index is 1.84. The molecule has 3 heterocycles. The Hall–Kier alpha value is -2.90. The Morgan fingerprint density at radius 1 is 1.33 bits per heavy atom. The number of aromatic nitrogens is 3. The fourth-order valence-corrected chi connectivity index (χ4v) is 3.08. The quantitative estimate of drug-likeness (QED) is 0.872. The Labute approximate surface area is 139 Å². The average molecular weight is 328 g/mol. The topological polar surface area (TPSA) is 106 Å². The molecule has 3 N–H and O–H groups in total. The van der Waals surface area contributed by atoms with Gasteiger partial charge in [-0.25, -0.2) is 4.98 Å². The smallest absolute Gasteiger partial charge is 0.229 e. The number of pyridine rings is 1. The molecule has 0 saturated carbocycles. The summed E-state index contributed by atoms with van der Waals surface area (Å²) in [5, 5.41) is 7.02. The van der Waals surface area contributed by atoms with Crippen LogP contribution in [0.25, 0.3) is 0 Å². The van der Waals surface area contributed by atoms with Crippen molar-refractivity contribution in [3.05, 3.63) is 36.3 Å². The van der Waals surface area contributed by atoms with E-state index in [-0.39, 0.29) is 23.8 Å². The Kier molecular flexibility index (Phi) is 4.20. The summed E-state index contributed by atoms with van der Waals surface area (Å²) in [4.78, 5) is 30.5. The number of nitrogens with one attached hydrogen (secondary N) is 1. The van der Waals surface area contributed by atoms with Crippen molar-refractivity contribution >= 4 is 23.3 Å². The number of nitrogens with two attached hydrogens (primary N) is 1. The van der Waals surface area contributed by atoms with Gasteiger partial charge in [0.2, 0.25) is 11.8 Å². The van der Waals surface area contributed by atoms with Crippen molar-refractivity contribution in [2.24, 2.45) is 13.0 Å². The lowest BCUT2D eigenvalue weighted by molar-refractivity contribution is -0.140. The number of carbonyl (C=O) groups excluding carboxylic acids is 2. The first-order valence-electron chi connectivity index (χ1n) is 7.72. The van der Waals surface area contributed by atoms with E-state index in [4.69, 9.17) is 5.73 Å². The Morgan fingerprint density at radius 3 is 2.75 bits per heavy atom. The van der Waals surface area contributed by atoms with Crippen molar-refractivity contribution in [1.82, 2.24) is 19.7 Å². The standard InChI is InChI=1S/C16H20N6O2/c1-21-9-10(7-19-21)15-12(4-6-14(23)22(15)2)16(24)20-11-3-5-13(17)18-8-11/h3,5,7-9,12,15H,4,6H2,1-2H3,(H2,17,18)(H,20,24)/t12-,15-/m1/s1. The highest BCUT2D eigenvalue weighted by Crippen LogP contribution is 2.36. The van der Waals surface area contributed by atoms with E-state index in [2.05, 4.69) is 15.4 Å². The molecule has 1 aliphatic rings. The van der Waals surface area contributed by atoms with Gasteiger partial charge >= 0.3 is 0 Å². The number of nitrogen functional groups attached to an aromatic ring is 1. The molecule has 0 aromatic carbocycles. The van der Waals surface area contributed by atoms with Crippen LogP contribution >= 0.6 is 0 Å². The van der Waals surface area contributed by atoms with Gasteiger partial charge < -0.3 is 16.0 Å². The lowest BCUT2D eigenvalue weighted by Gasteiger charge is -2.37. The third kappa shape index (κ3) is 3.08. The van der Waals surface area contributed by atoms with Gasteiger partial charge in [0.25, 0.3) is 0 Å². The third-order valence-electron chi connectivity index (χ3n) is 4.32. The number of nitrogens with zero attached hydrogens (tertiary/aromatic N) is 4. The number of anilines is 2. The highest BCUT2D eigenvalue weighted by atomic mass is 16.2. The minimum Gasteiger partial charge on any atom is -0.384 e. The monoisotopic (exact) mass is 328 g/mol. The van der Waals surface area contributed by atoms with E-state index in [1.54, 1.807) is 35.0 Å². The molecule has 24 heavy (non-hydrogen) atoms. The molecule has 1 fully saturated rings. The molecule has 0 unspecified atom stereocenters. The number of likely N-dealkylation sites (tertiary alicyclic amines) is 1. The molecule has 0 radical (unpaired) electrons. The highest BCUT2D eigenvalue weighted by Gasteiger charge is 2.39. The number of rotatable bonds is 3. The van der Waals surface area contributed by atoms with Crippen LogP contribution in [-0.2, 0) is 16.6 Å². The largest absolute Gasteiger partial charge is 0.384 e. The van der Waals surface area contributed by atoms with Crippen LogP contribution in [-0.4, -0.2) is 38.5 Å². The number of hydrogen-bond acceptors (Lipinski definition) is 5. The average Bonchev–Trinajstić information content (AvgIpc) is 2.98. The SMILES string of the molecule is CN1C(=O)CC[C@@H](C(=O)Nc2ccc(N)nc2)[C@H]1c1cnn(C)c1. The summed E-state index contributed by atoms with van der Waals surface area (Å²) in [5.41, 5.74) is 6.99. The number of piperidine rings is 1. The van der Waals surface area contributed by atoms with Gasteiger partial charge in [-0.2, -0.15) is 5.10 Å². The molecule has 2 aromatic rings. The molecule has 0 bridgehead atoms. The van der Waals surface area contributed by atoms with Crippen molar-refractivity contribution in [2.75, 3.05) is 18.1 Å². The molecule has 1 aliphatic heterocycles. The minimum atomic E-state index is -0.352. The molecule has 2 atom stereocenters. The van der Waals surface area contributed by atoms with Crippen LogP contribution in [0.5, 0.6) is 0 Å². The zero-order chi connectivity index (χ0) is 17.3. The molecule has 1 saturated heterocycles. The predicted molar refractivity (Wildman–Crippen MR) is 88.7 cm³/mol. The summed E-state index contributed by atoms with van der Waals surface area (Å²) in [7, 11) is 3.54. The van der Waals surface area contributed by atoms with Crippen molar-refractivity contribution < 1.29 is 9.59 Å². The van der Waals surface area contributed by atoms with E-state index < -0.39 is 0 Å². The van der Waals surface area contributed by atoms with Gasteiger partial charge in [0.15, 0.2) is 0 Å². The maximum absolute atomic E-state index is 12.8. The second kappa shape index (κ2) is 6.31. The summed E-state index contributed by atoms with van der Waals surface area (Å²) in [6.07, 6.45) is 5.90. The normalized spacial score (nSPS) is 20.9. The molecular weight excluding hydrogens is 308 g/mol. The summed E-state index contributed by atoms with van der Waals surface area (Å²) in [5.74, 6) is -0.0736. The van der Waals surface area contributed by atoms with E-state index in [0.29, 0.717) is 24.3 Å².